The van der Waals surface area contributed by atoms with Gasteiger partial charge in [-0.15, -0.1) is 6.58 Å². The Kier molecular flexibility index (Phi) is 4.70. The van der Waals surface area contributed by atoms with Crippen molar-refractivity contribution in [3.8, 4) is 5.75 Å². The molecule has 0 fully saturated rings. The molecular formula is C14H19N5O. The highest BCUT2D eigenvalue weighted by molar-refractivity contribution is 5.36. The lowest BCUT2D eigenvalue weighted by Crippen LogP contribution is -2.11. The van der Waals surface area contributed by atoms with Crippen molar-refractivity contribution in [3.63, 3.8) is 0 Å². The zero-order chi connectivity index (χ0) is 14.4. The van der Waals surface area contributed by atoms with Gasteiger partial charge in [-0.25, -0.2) is 4.68 Å². The summed E-state index contributed by atoms with van der Waals surface area (Å²) < 4.78 is 7.43. The van der Waals surface area contributed by atoms with Gasteiger partial charge in [-0.3, -0.25) is 0 Å². The van der Waals surface area contributed by atoms with Crippen LogP contribution in [0.15, 0.2) is 36.9 Å². The van der Waals surface area contributed by atoms with Gasteiger partial charge in [-0.2, -0.15) is 0 Å². The van der Waals surface area contributed by atoms with Crippen LogP contribution in [0.1, 0.15) is 19.4 Å². The SMILES string of the molecule is C=CCn1nnnc1NCc1ccccc1OC(C)C. The van der Waals surface area contributed by atoms with E-state index in [1.807, 2.05) is 38.1 Å². The van der Waals surface area contributed by atoms with Crippen LogP contribution in [0.2, 0.25) is 0 Å². The third-order valence-corrected chi connectivity index (χ3v) is 2.61. The Hall–Kier alpha value is -2.37. The number of allylic oxidation sites excluding steroid dienone is 1. The maximum Gasteiger partial charge on any atom is 0.243 e. The summed E-state index contributed by atoms with van der Waals surface area (Å²) in [5, 5.41) is 14.7. The zero-order valence-electron chi connectivity index (χ0n) is 11.8. The summed E-state index contributed by atoms with van der Waals surface area (Å²) in [6, 6.07) is 7.93. The van der Waals surface area contributed by atoms with Gasteiger partial charge in [0.1, 0.15) is 5.75 Å². The fourth-order valence-electron chi connectivity index (χ4n) is 1.77. The highest BCUT2D eigenvalue weighted by Crippen LogP contribution is 2.20. The van der Waals surface area contributed by atoms with Gasteiger partial charge >= 0.3 is 0 Å². The van der Waals surface area contributed by atoms with Gasteiger partial charge in [-0.1, -0.05) is 29.4 Å². The Morgan fingerprint density at radius 2 is 2.20 bits per heavy atom. The molecule has 0 unspecified atom stereocenters. The topological polar surface area (TPSA) is 64.9 Å². The molecule has 2 aromatic rings. The van der Waals surface area contributed by atoms with Gasteiger partial charge in [-0.05, 0) is 30.3 Å². The molecule has 6 heteroatoms. The van der Waals surface area contributed by atoms with E-state index in [0.29, 0.717) is 19.0 Å². The van der Waals surface area contributed by atoms with Crippen LogP contribution in [0, 0.1) is 0 Å². The molecule has 0 amide bonds. The molecule has 1 N–H and O–H groups in total. The van der Waals surface area contributed by atoms with Crippen molar-refractivity contribution in [1.82, 2.24) is 20.2 Å². The number of ether oxygens (including phenoxy) is 1. The molecule has 106 valence electrons. The van der Waals surface area contributed by atoms with Crippen LogP contribution < -0.4 is 10.1 Å². The third kappa shape index (κ3) is 3.57. The van der Waals surface area contributed by atoms with Crippen molar-refractivity contribution in [1.29, 1.82) is 0 Å². The number of anilines is 1. The van der Waals surface area contributed by atoms with Gasteiger partial charge in [0.25, 0.3) is 0 Å². The van der Waals surface area contributed by atoms with Crippen molar-refractivity contribution in [2.24, 2.45) is 0 Å². The fraction of sp³-hybridized carbons (Fsp3) is 0.357. The molecule has 20 heavy (non-hydrogen) atoms. The molecule has 0 saturated heterocycles. The number of rotatable bonds is 7. The van der Waals surface area contributed by atoms with Crippen LogP contribution in [0.4, 0.5) is 5.95 Å². The lowest BCUT2D eigenvalue weighted by atomic mass is 10.2. The van der Waals surface area contributed by atoms with Crippen LogP contribution >= 0.6 is 0 Å². The average Bonchev–Trinajstić information content (AvgIpc) is 2.85. The molecule has 0 spiro atoms. The zero-order valence-corrected chi connectivity index (χ0v) is 11.8. The van der Waals surface area contributed by atoms with Gasteiger partial charge in [0.2, 0.25) is 5.95 Å². The maximum absolute atomic E-state index is 5.78. The molecule has 0 aliphatic rings. The molecule has 1 aromatic carbocycles. The predicted octanol–water partition coefficient (Wildman–Crippen LogP) is 2.26. The van der Waals surface area contributed by atoms with Gasteiger partial charge in [0.15, 0.2) is 0 Å². The second kappa shape index (κ2) is 6.70. The molecule has 0 radical (unpaired) electrons. The smallest absolute Gasteiger partial charge is 0.243 e. The fourth-order valence-corrected chi connectivity index (χ4v) is 1.77. The molecule has 2 rings (SSSR count). The summed E-state index contributed by atoms with van der Waals surface area (Å²) in [4.78, 5) is 0. The molecule has 0 aliphatic carbocycles. The van der Waals surface area contributed by atoms with Crippen molar-refractivity contribution in [2.45, 2.75) is 33.0 Å². The third-order valence-electron chi connectivity index (χ3n) is 2.61. The van der Waals surface area contributed by atoms with Crippen molar-refractivity contribution in [2.75, 3.05) is 5.32 Å². The standard InChI is InChI=1S/C14H19N5O/c1-4-9-19-14(16-17-18-19)15-10-12-7-5-6-8-13(12)20-11(2)3/h4-8,11H,1,9-10H2,2-3H3,(H,15,16,18). The first-order valence-corrected chi connectivity index (χ1v) is 6.56. The predicted molar refractivity (Wildman–Crippen MR) is 77.5 cm³/mol. The number of tetrazole rings is 1. The van der Waals surface area contributed by atoms with E-state index in [1.54, 1.807) is 10.8 Å². The average molecular weight is 273 g/mol. The van der Waals surface area contributed by atoms with Gasteiger partial charge in [0, 0.05) is 12.1 Å². The van der Waals surface area contributed by atoms with Gasteiger partial charge < -0.3 is 10.1 Å². The Morgan fingerprint density at radius 3 is 2.95 bits per heavy atom. The first-order chi connectivity index (χ1) is 9.70. The number of para-hydroxylation sites is 1. The molecule has 0 bridgehead atoms. The number of aromatic nitrogens is 4. The summed E-state index contributed by atoms with van der Waals surface area (Å²) in [5.41, 5.74) is 1.06. The van der Waals surface area contributed by atoms with Crippen LogP contribution in [-0.4, -0.2) is 26.3 Å². The van der Waals surface area contributed by atoms with Gasteiger partial charge in [0.05, 0.1) is 12.6 Å². The maximum atomic E-state index is 5.78. The number of nitrogens with zero attached hydrogens (tertiary/aromatic N) is 4. The van der Waals surface area contributed by atoms with Crippen molar-refractivity contribution in [3.05, 3.63) is 42.5 Å². The summed E-state index contributed by atoms with van der Waals surface area (Å²) in [6.07, 6.45) is 1.89. The molecule has 0 aliphatic heterocycles. The number of benzene rings is 1. The molecular weight excluding hydrogens is 254 g/mol. The van der Waals surface area contributed by atoms with Crippen LogP contribution in [0.5, 0.6) is 5.75 Å². The second-order valence-corrected chi connectivity index (χ2v) is 4.60. The van der Waals surface area contributed by atoms with E-state index in [9.17, 15) is 0 Å². The number of hydrogen-bond donors (Lipinski definition) is 1. The highest BCUT2D eigenvalue weighted by atomic mass is 16.5. The Balaban J connectivity index is 2.06. The number of hydrogen-bond acceptors (Lipinski definition) is 5. The lowest BCUT2D eigenvalue weighted by Gasteiger charge is -2.14. The minimum absolute atomic E-state index is 0.141. The second-order valence-electron chi connectivity index (χ2n) is 4.60. The first kappa shape index (κ1) is 14.0. The normalized spacial score (nSPS) is 10.6. The van der Waals surface area contributed by atoms with Crippen LogP contribution in [0.25, 0.3) is 0 Å². The largest absolute Gasteiger partial charge is 0.491 e. The van der Waals surface area contributed by atoms with E-state index in [0.717, 1.165) is 11.3 Å². The monoisotopic (exact) mass is 273 g/mol. The molecule has 1 aromatic heterocycles. The molecule has 6 nitrogen and oxygen atoms in total. The van der Waals surface area contributed by atoms with E-state index >= 15 is 0 Å². The van der Waals surface area contributed by atoms with Crippen molar-refractivity contribution >= 4 is 5.95 Å². The Labute approximate surface area is 118 Å². The van der Waals surface area contributed by atoms with Crippen LogP contribution in [0.3, 0.4) is 0 Å². The molecule has 0 atom stereocenters. The van der Waals surface area contributed by atoms with E-state index in [-0.39, 0.29) is 6.10 Å². The minimum Gasteiger partial charge on any atom is -0.491 e. The van der Waals surface area contributed by atoms with E-state index < -0.39 is 0 Å². The molecule has 0 saturated carbocycles. The first-order valence-electron chi connectivity index (χ1n) is 6.56. The molecule has 1 heterocycles. The van der Waals surface area contributed by atoms with E-state index in [2.05, 4.69) is 27.4 Å². The summed E-state index contributed by atoms with van der Waals surface area (Å²) in [6.45, 7) is 8.86. The number of nitrogens with one attached hydrogen (secondary N) is 1. The van der Waals surface area contributed by atoms with Crippen molar-refractivity contribution < 1.29 is 4.74 Å². The quantitative estimate of drug-likeness (QED) is 0.784. The van der Waals surface area contributed by atoms with Crippen LogP contribution in [-0.2, 0) is 13.1 Å². The lowest BCUT2D eigenvalue weighted by molar-refractivity contribution is 0.240. The highest BCUT2D eigenvalue weighted by Gasteiger charge is 2.08. The Bertz CT molecular complexity index is 564. The van der Waals surface area contributed by atoms with E-state index in [1.165, 1.54) is 0 Å². The van der Waals surface area contributed by atoms with E-state index in [4.69, 9.17) is 4.74 Å². The summed E-state index contributed by atoms with van der Waals surface area (Å²) >= 11 is 0. The minimum atomic E-state index is 0.141. The summed E-state index contributed by atoms with van der Waals surface area (Å²) in [7, 11) is 0. The summed E-state index contributed by atoms with van der Waals surface area (Å²) in [5.74, 6) is 1.49. The Morgan fingerprint density at radius 1 is 1.40 bits per heavy atom.